The first-order valence-electron chi connectivity index (χ1n) is 4.72. The summed E-state index contributed by atoms with van der Waals surface area (Å²) in [5.74, 6) is 0.422. The van der Waals surface area contributed by atoms with Crippen molar-refractivity contribution < 1.29 is 5.11 Å². The third kappa shape index (κ3) is 1.90. The number of anilines is 1. The highest BCUT2D eigenvalue weighted by atomic mass is 16.3. The molecule has 1 aliphatic carbocycles. The molecular weight excluding hydrogens is 178 g/mol. The fourth-order valence-corrected chi connectivity index (χ4v) is 1.62. The predicted octanol–water partition coefficient (Wildman–Crippen LogP) is 0.987. The van der Waals surface area contributed by atoms with Gasteiger partial charge in [-0.2, -0.15) is 0 Å². The van der Waals surface area contributed by atoms with Crippen LogP contribution < -0.4 is 5.73 Å². The molecule has 1 aromatic heterocycles. The van der Waals surface area contributed by atoms with Gasteiger partial charge in [-0.3, -0.25) is 4.98 Å². The third-order valence-corrected chi connectivity index (χ3v) is 2.34. The van der Waals surface area contributed by atoms with E-state index < -0.39 is 0 Å². The van der Waals surface area contributed by atoms with E-state index >= 15 is 0 Å². The van der Waals surface area contributed by atoms with Crippen LogP contribution in [0.3, 0.4) is 0 Å². The molecule has 0 fully saturated rings. The van der Waals surface area contributed by atoms with Crippen molar-refractivity contribution in [2.75, 3.05) is 5.73 Å². The molecule has 4 nitrogen and oxygen atoms in total. The number of nitrogens with zero attached hydrogens (tertiary/aromatic N) is 2. The van der Waals surface area contributed by atoms with Gasteiger partial charge < -0.3 is 10.8 Å². The van der Waals surface area contributed by atoms with E-state index in [1.165, 1.54) is 6.20 Å². The van der Waals surface area contributed by atoms with Gasteiger partial charge in [0.15, 0.2) is 0 Å². The summed E-state index contributed by atoms with van der Waals surface area (Å²) in [6.07, 6.45) is 7.50. The molecule has 14 heavy (non-hydrogen) atoms. The number of aromatic nitrogens is 2. The van der Waals surface area contributed by atoms with Crippen molar-refractivity contribution in [1.29, 1.82) is 0 Å². The molecule has 0 amide bonds. The number of nitrogens with two attached hydrogens (primary N) is 1. The molecule has 3 N–H and O–H groups in total. The fourth-order valence-electron chi connectivity index (χ4n) is 1.62. The topological polar surface area (TPSA) is 72.0 Å². The van der Waals surface area contributed by atoms with Crippen molar-refractivity contribution in [2.45, 2.75) is 25.4 Å². The van der Waals surface area contributed by atoms with Gasteiger partial charge in [0.25, 0.3) is 0 Å². The summed E-state index contributed by atoms with van der Waals surface area (Å²) in [7, 11) is 0. The summed E-state index contributed by atoms with van der Waals surface area (Å²) in [4.78, 5) is 8.14. The Kier molecular flexibility index (Phi) is 2.45. The van der Waals surface area contributed by atoms with Crippen molar-refractivity contribution in [3.8, 4) is 0 Å². The summed E-state index contributed by atoms with van der Waals surface area (Å²) < 4.78 is 0. The summed E-state index contributed by atoms with van der Waals surface area (Å²) in [5, 5.41) is 9.45. The lowest BCUT2D eigenvalue weighted by atomic mass is 9.95. The molecule has 0 saturated carbocycles. The van der Waals surface area contributed by atoms with Gasteiger partial charge in [0, 0.05) is 0 Å². The summed E-state index contributed by atoms with van der Waals surface area (Å²) in [6.45, 7) is 0. The molecule has 0 bridgehead atoms. The molecule has 74 valence electrons. The van der Waals surface area contributed by atoms with E-state index in [9.17, 15) is 5.11 Å². The largest absolute Gasteiger partial charge is 0.389 e. The maximum atomic E-state index is 9.45. The highest BCUT2D eigenvalue weighted by Gasteiger charge is 2.13. The van der Waals surface area contributed by atoms with E-state index in [-0.39, 0.29) is 6.10 Å². The SMILES string of the molecule is Nc1cnc(C2=C[C@@H](O)CCC2)cn1. The van der Waals surface area contributed by atoms with E-state index in [2.05, 4.69) is 9.97 Å². The molecule has 0 saturated heterocycles. The van der Waals surface area contributed by atoms with Crippen molar-refractivity contribution in [3.63, 3.8) is 0 Å². The Morgan fingerprint density at radius 1 is 1.36 bits per heavy atom. The molecule has 1 atom stereocenters. The van der Waals surface area contributed by atoms with Gasteiger partial charge in [-0.05, 0) is 24.8 Å². The minimum atomic E-state index is -0.335. The Balaban J connectivity index is 2.26. The number of hydrogen-bond acceptors (Lipinski definition) is 4. The molecule has 0 aliphatic heterocycles. The van der Waals surface area contributed by atoms with Gasteiger partial charge in [0.1, 0.15) is 5.82 Å². The first kappa shape index (κ1) is 9.15. The van der Waals surface area contributed by atoms with E-state index in [0.29, 0.717) is 5.82 Å². The number of aliphatic hydroxyl groups excluding tert-OH is 1. The second kappa shape index (κ2) is 3.75. The first-order valence-corrected chi connectivity index (χ1v) is 4.72. The smallest absolute Gasteiger partial charge is 0.141 e. The Bertz CT molecular complexity index is 345. The summed E-state index contributed by atoms with van der Waals surface area (Å²) >= 11 is 0. The van der Waals surface area contributed by atoms with Crippen LogP contribution >= 0.6 is 0 Å². The quantitative estimate of drug-likeness (QED) is 0.694. The number of aliphatic hydroxyl groups is 1. The molecule has 0 radical (unpaired) electrons. The Morgan fingerprint density at radius 2 is 2.21 bits per heavy atom. The fraction of sp³-hybridized carbons (Fsp3) is 0.400. The van der Waals surface area contributed by atoms with Crippen molar-refractivity contribution in [1.82, 2.24) is 9.97 Å². The molecule has 1 heterocycles. The van der Waals surface area contributed by atoms with Crippen LogP contribution in [0.4, 0.5) is 5.82 Å². The van der Waals surface area contributed by atoms with Crippen LogP contribution in [0.25, 0.3) is 5.57 Å². The van der Waals surface area contributed by atoms with Crippen LogP contribution in [-0.2, 0) is 0 Å². The lowest BCUT2D eigenvalue weighted by Crippen LogP contribution is -2.09. The van der Waals surface area contributed by atoms with Crippen LogP contribution in [0.5, 0.6) is 0 Å². The molecular formula is C10H13N3O. The highest BCUT2D eigenvalue weighted by Crippen LogP contribution is 2.25. The van der Waals surface area contributed by atoms with Gasteiger partial charge in [0.05, 0.1) is 24.2 Å². The number of nitrogen functional groups attached to an aromatic ring is 1. The second-order valence-corrected chi connectivity index (χ2v) is 3.48. The van der Waals surface area contributed by atoms with Crippen molar-refractivity contribution in [2.24, 2.45) is 0 Å². The molecule has 0 unspecified atom stereocenters. The number of rotatable bonds is 1. The summed E-state index contributed by atoms with van der Waals surface area (Å²) in [5.41, 5.74) is 7.32. The maximum Gasteiger partial charge on any atom is 0.141 e. The average molecular weight is 191 g/mol. The van der Waals surface area contributed by atoms with Crippen LogP contribution in [0.2, 0.25) is 0 Å². The summed E-state index contributed by atoms with van der Waals surface area (Å²) in [6, 6.07) is 0. The second-order valence-electron chi connectivity index (χ2n) is 3.48. The van der Waals surface area contributed by atoms with Crippen LogP contribution in [-0.4, -0.2) is 21.2 Å². The van der Waals surface area contributed by atoms with E-state index in [0.717, 1.165) is 30.5 Å². The lowest BCUT2D eigenvalue weighted by molar-refractivity contribution is 0.206. The molecule has 1 aromatic rings. The zero-order valence-electron chi connectivity index (χ0n) is 7.85. The highest BCUT2D eigenvalue weighted by molar-refractivity contribution is 5.63. The van der Waals surface area contributed by atoms with Crippen molar-refractivity contribution >= 4 is 11.4 Å². The zero-order valence-corrected chi connectivity index (χ0v) is 7.85. The number of allylic oxidation sites excluding steroid dienone is 1. The molecule has 4 heteroatoms. The monoisotopic (exact) mass is 191 g/mol. The Labute approximate surface area is 82.5 Å². The zero-order chi connectivity index (χ0) is 9.97. The van der Waals surface area contributed by atoms with Gasteiger partial charge >= 0.3 is 0 Å². The lowest BCUT2D eigenvalue weighted by Gasteiger charge is -2.16. The molecule has 1 aliphatic rings. The molecule has 2 rings (SSSR count). The van der Waals surface area contributed by atoms with Crippen LogP contribution in [0.1, 0.15) is 25.0 Å². The van der Waals surface area contributed by atoms with E-state index in [1.54, 1.807) is 6.20 Å². The predicted molar refractivity (Wildman–Crippen MR) is 54.3 cm³/mol. The van der Waals surface area contributed by atoms with E-state index in [4.69, 9.17) is 5.73 Å². The number of hydrogen-bond donors (Lipinski definition) is 2. The van der Waals surface area contributed by atoms with Gasteiger partial charge in [0.2, 0.25) is 0 Å². The normalized spacial score (nSPS) is 21.8. The minimum Gasteiger partial charge on any atom is -0.389 e. The third-order valence-electron chi connectivity index (χ3n) is 2.34. The van der Waals surface area contributed by atoms with Crippen LogP contribution in [0, 0.1) is 0 Å². The van der Waals surface area contributed by atoms with Crippen molar-refractivity contribution in [3.05, 3.63) is 24.2 Å². The van der Waals surface area contributed by atoms with Crippen LogP contribution in [0.15, 0.2) is 18.5 Å². The average Bonchev–Trinajstić information content (AvgIpc) is 2.19. The standard InChI is InChI=1S/C10H13N3O/c11-10-6-12-9(5-13-10)7-2-1-3-8(14)4-7/h4-6,8,14H,1-3H2,(H2,11,13)/t8-/m0/s1. The first-order chi connectivity index (χ1) is 6.75. The maximum absolute atomic E-state index is 9.45. The molecule has 0 spiro atoms. The Morgan fingerprint density at radius 3 is 2.86 bits per heavy atom. The minimum absolute atomic E-state index is 0.335. The molecule has 0 aromatic carbocycles. The van der Waals surface area contributed by atoms with Gasteiger partial charge in [-0.1, -0.05) is 6.08 Å². The van der Waals surface area contributed by atoms with Gasteiger partial charge in [-0.25, -0.2) is 4.98 Å². The van der Waals surface area contributed by atoms with Gasteiger partial charge in [-0.15, -0.1) is 0 Å². The van der Waals surface area contributed by atoms with E-state index in [1.807, 2.05) is 6.08 Å². The Hall–Kier alpha value is -1.42.